The molecule has 3 heteroatoms. The van der Waals surface area contributed by atoms with E-state index < -0.39 is 0 Å². The van der Waals surface area contributed by atoms with Crippen molar-refractivity contribution in [2.75, 3.05) is 19.7 Å². The summed E-state index contributed by atoms with van der Waals surface area (Å²) in [6, 6.07) is 1.56. The third-order valence-corrected chi connectivity index (χ3v) is 6.01. The Hall–Kier alpha value is -0.120. The minimum atomic E-state index is -0.0518. The lowest BCUT2D eigenvalue weighted by molar-refractivity contribution is 0.144. The van der Waals surface area contributed by atoms with Crippen LogP contribution in [0, 0.1) is 5.92 Å². The molecule has 3 rings (SSSR count). The van der Waals surface area contributed by atoms with E-state index in [2.05, 4.69) is 17.1 Å². The number of rotatable bonds is 8. The average molecular weight is 294 g/mol. The highest BCUT2D eigenvalue weighted by Crippen LogP contribution is 2.35. The molecular weight excluding hydrogens is 260 g/mol. The zero-order chi connectivity index (χ0) is 14.7. The number of nitrogens with one attached hydrogen (secondary N) is 1. The summed E-state index contributed by atoms with van der Waals surface area (Å²) in [4.78, 5) is 2.77. The van der Waals surface area contributed by atoms with E-state index in [9.17, 15) is 5.11 Å². The lowest BCUT2D eigenvalue weighted by atomic mass is 9.94. The maximum atomic E-state index is 9.70. The zero-order valence-electron chi connectivity index (χ0n) is 13.8. The second-order valence-corrected chi connectivity index (χ2v) is 8.03. The van der Waals surface area contributed by atoms with Crippen LogP contribution in [0.3, 0.4) is 0 Å². The summed E-state index contributed by atoms with van der Waals surface area (Å²) >= 11 is 0. The van der Waals surface area contributed by atoms with Crippen molar-refractivity contribution in [3.05, 3.63) is 0 Å². The molecule has 3 fully saturated rings. The molecule has 2 atom stereocenters. The summed E-state index contributed by atoms with van der Waals surface area (Å²) in [5.74, 6) is 0.987. The third-order valence-electron chi connectivity index (χ3n) is 6.01. The smallest absolute Gasteiger partial charge is 0.0610 e. The summed E-state index contributed by atoms with van der Waals surface area (Å²) in [7, 11) is 0. The highest BCUT2D eigenvalue weighted by molar-refractivity contribution is 4.93. The van der Waals surface area contributed by atoms with E-state index in [-0.39, 0.29) is 12.1 Å². The Kier molecular flexibility index (Phi) is 5.23. The predicted molar refractivity (Wildman–Crippen MR) is 87.4 cm³/mol. The van der Waals surface area contributed by atoms with Gasteiger partial charge in [0.05, 0.1) is 6.61 Å². The van der Waals surface area contributed by atoms with Crippen LogP contribution in [0.25, 0.3) is 0 Å². The molecule has 1 heterocycles. The number of aliphatic hydroxyl groups excluding tert-OH is 1. The summed E-state index contributed by atoms with van der Waals surface area (Å²) < 4.78 is 0. The Morgan fingerprint density at radius 3 is 2.52 bits per heavy atom. The first-order valence-electron chi connectivity index (χ1n) is 9.33. The molecule has 3 aliphatic rings. The molecule has 0 aromatic carbocycles. The lowest BCUT2D eigenvalue weighted by Crippen LogP contribution is -2.47. The summed E-state index contributed by atoms with van der Waals surface area (Å²) in [5.41, 5.74) is -0.0518. The van der Waals surface area contributed by atoms with Crippen LogP contribution in [0.4, 0.5) is 0 Å². The topological polar surface area (TPSA) is 35.5 Å². The number of hydrogen-bond donors (Lipinski definition) is 2. The second kappa shape index (κ2) is 6.97. The molecule has 0 amide bonds. The first-order chi connectivity index (χ1) is 10.2. The summed E-state index contributed by atoms with van der Waals surface area (Å²) in [6.45, 7) is 5.02. The molecule has 2 unspecified atom stereocenters. The largest absolute Gasteiger partial charge is 0.394 e. The molecule has 122 valence electrons. The van der Waals surface area contributed by atoms with E-state index in [0.29, 0.717) is 6.04 Å². The van der Waals surface area contributed by atoms with E-state index in [1.165, 1.54) is 70.9 Å². The van der Waals surface area contributed by atoms with Gasteiger partial charge >= 0.3 is 0 Å². The molecule has 1 aliphatic heterocycles. The van der Waals surface area contributed by atoms with Gasteiger partial charge in [-0.2, -0.15) is 0 Å². The van der Waals surface area contributed by atoms with Crippen molar-refractivity contribution in [1.82, 2.24) is 10.2 Å². The normalized spacial score (nSPS) is 30.9. The minimum absolute atomic E-state index is 0.0518. The third kappa shape index (κ3) is 4.20. The maximum Gasteiger partial charge on any atom is 0.0610 e. The van der Waals surface area contributed by atoms with Gasteiger partial charge in [0.1, 0.15) is 0 Å². The van der Waals surface area contributed by atoms with Gasteiger partial charge in [-0.1, -0.05) is 12.8 Å². The Bertz CT molecular complexity index is 325. The first kappa shape index (κ1) is 15.8. The van der Waals surface area contributed by atoms with E-state index in [4.69, 9.17) is 0 Å². The fourth-order valence-corrected chi connectivity index (χ4v) is 4.60. The van der Waals surface area contributed by atoms with Crippen molar-refractivity contribution in [3.63, 3.8) is 0 Å². The van der Waals surface area contributed by atoms with Gasteiger partial charge in [0.2, 0.25) is 0 Å². The number of aliphatic hydroxyl groups is 1. The molecule has 0 aromatic heterocycles. The van der Waals surface area contributed by atoms with Gasteiger partial charge in [-0.15, -0.1) is 0 Å². The van der Waals surface area contributed by atoms with Gasteiger partial charge in [-0.05, 0) is 77.3 Å². The van der Waals surface area contributed by atoms with E-state index in [1.54, 1.807) is 0 Å². The van der Waals surface area contributed by atoms with Crippen LogP contribution >= 0.6 is 0 Å². The van der Waals surface area contributed by atoms with Gasteiger partial charge in [-0.25, -0.2) is 0 Å². The standard InChI is InChI=1S/C18H34N2O/c1-18(14-21,19-16-9-10-16)11-5-13-20-12-4-8-17(20)15-6-2-3-7-15/h15-17,19,21H,2-14H2,1H3. The average Bonchev–Trinajstić information content (AvgIpc) is 2.96. The van der Waals surface area contributed by atoms with Crippen molar-refractivity contribution in [1.29, 1.82) is 0 Å². The molecule has 3 nitrogen and oxygen atoms in total. The van der Waals surface area contributed by atoms with Crippen LogP contribution in [0.2, 0.25) is 0 Å². The Balaban J connectivity index is 1.42. The van der Waals surface area contributed by atoms with Crippen LogP contribution in [-0.4, -0.2) is 47.3 Å². The summed E-state index contributed by atoms with van der Waals surface area (Å²) in [5, 5.41) is 13.3. The van der Waals surface area contributed by atoms with Gasteiger partial charge in [0.15, 0.2) is 0 Å². The van der Waals surface area contributed by atoms with E-state index >= 15 is 0 Å². The van der Waals surface area contributed by atoms with Crippen molar-refractivity contribution < 1.29 is 5.11 Å². The number of hydrogen-bond acceptors (Lipinski definition) is 3. The van der Waals surface area contributed by atoms with Crippen molar-refractivity contribution in [2.24, 2.45) is 5.92 Å². The molecule has 1 saturated heterocycles. The molecule has 2 aliphatic carbocycles. The summed E-state index contributed by atoms with van der Waals surface area (Å²) in [6.07, 6.45) is 13.6. The minimum Gasteiger partial charge on any atom is -0.394 e. The molecule has 2 saturated carbocycles. The van der Waals surface area contributed by atoms with Crippen LogP contribution in [0.1, 0.15) is 71.1 Å². The molecular formula is C18H34N2O. The van der Waals surface area contributed by atoms with Gasteiger partial charge < -0.3 is 15.3 Å². The maximum absolute atomic E-state index is 9.70. The Labute approximate surface area is 130 Å². The molecule has 2 N–H and O–H groups in total. The molecule has 0 aromatic rings. The fourth-order valence-electron chi connectivity index (χ4n) is 4.60. The first-order valence-corrected chi connectivity index (χ1v) is 9.33. The number of likely N-dealkylation sites (tertiary alicyclic amines) is 1. The SMILES string of the molecule is CC(CO)(CCCN1CCCC1C1CCCC1)NC1CC1. The van der Waals surface area contributed by atoms with E-state index in [1.807, 2.05) is 0 Å². The monoisotopic (exact) mass is 294 g/mol. The van der Waals surface area contributed by atoms with Crippen molar-refractivity contribution >= 4 is 0 Å². The Morgan fingerprint density at radius 2 is 1.86 bits per heavy atom. The zero-order valence-corrected chi connectivity index (χ0v) is 13.8. The van der Waals surface area contributed by atoms with Crippen LogP contribution in [-0.2, 0) is 0 Å². The molecule has 0 bridgehead atoms. The fraction of sp³-hybridized carbons (Fsp3) is 1.00. The lowest BCUT2D eigenvalue weighted by Gasteiger charge is -2.32. The van der Waals surface area contributed by atoms with Crippen LogP contribution in [0.15, 0.2) is 0 Å². The highest BCUT2D eigenvalue weighted by Gasteiger charge is 2.34. The predicted octanol–water partition coefficient (Wildman–Crippen LogP) is 2.92. The number of nitrogens with zero attached hydrogens (tertiary/aromatic N) is 1. The van der Waals surface area contributed by atoms with Gasteiger partial charge in [-0.3, -0.25) is 0 Å². The quantitative estimate of drug-likeness (QED) is 0.722. The van der Waals surface area contributed by atoms with Crippen LogP contribution < -0.4 is 5.32 Å². The van der Waals surface area contributed by atoms with Gasteiger partial charge in [0.25, 0.3) is 0 Å². The molecule has 0 radical (unpaired) electrons. The van der Waals surface area contributed by atoms with E-state index in [0.717, 1.165) is 18.4 Å². The molecule has 0 spiro atoms. The molecule has 21 heavy (non-hydrogen) atoms. The van der Waals surface area contributed by atoms with Crippen molar-refractivity contribution in [3.8, 4) is 0 Å². The highest BCUT2D eigenvalue weighted by atomic mass is 16.3. The van der Waals surface area contributed by atoms with Crippen molar-refractivity contribution in [2.45, 2.75) is 88.8 Å². The Morgan fingerprint density at radius 1 is 1.10 bits per heavy atom. The second-order valence-electron chi connectivity index (χ2n) is 8.03. The van der Waals surface area contributed by atoms with Crippen LogP contribution in [0.5, 0.6) is 0 Å². The van der Waals surface area contributed by atoms with Gasteiger partial charge in [0, 0.05) is 17.6 Å².